The van der Waals surface area contributed by atoms with Crippen LogP contribution in [0.4, 0.5) is 11.4 Å². The van der Waals surface area contributed by atoms with Crippen LogP contribution in [0.15, 0.2) is 23.1 Å². The number of likely N-dealkylation sites (N-methyl/N-ethyl adjacent to an activating group) is 1. The lowest BCUT2D eigenvalue weighted by Crippen LogP contribution is -2.49. The molecule has 1 fully saturated rings. The molecule has 10 heteroatoms. The van der Waals surface area contributed by atoms with Gasteiger partial charge in [0.2, 0.25) is 10.0 Å². The minimum atomic E-state index is -4.01. The van der Waals surface area contributed by atoms with Crippen molar-refractivity contribution in [3.05, 3.63) is 28.3 Å². The SMILES string of the molecule is CC(CNc1cc([N+](=O)[O-])cc(S(N)(=O)=O)c1)N1CCN(C)CC1. The van der Waals surface area contributed by atoms with E-state index < -0.39 is 14.9 Å². The number of sulfonamides is 1. The van der Waals surface area contributed by atoms with E-state index in [0.717, 1.165) is 32.2 Å². The van der Waals surface area contributed by atoms with E-state index in [1.165, 1.54) is 12.1 Å². The first-order valence-corrected chi connectivity index (χ1v) is 9.20. The van der Waals surface area contributed by atoms with E-state index in [0.29, 0.717) is 12.2 Å². The maximum absolute atomic E-state index is 11.5. The van der Waals surface area contributed by atoms with Crippen LogP contribution in [0, 0.1) is 10.1 Å². The molecule has 1 aromatic carbocycles. The number of nitrogens with zero attached hydrogens (tertiary/aromatic N) is 3. The molecule has 0 radical (unpaired) electrons. The summed E-state index contributed by atoms with van der Waals surface area (Å²) in [6.07, 6.45) is 0. The predicted octanol–water partition coefficient (Wildman–Crippen LogP) is 0.290. The molecule has 1 aromatic rings. The van der Waals surface area contributed by atoms with Crippen LogP contribution in [0.5, 0.6) is 0 Å². The fourth-order valence-corrected chi connectivity index (χ4v) is 3.19. The van der Waals surface area contributed by atoms with Crippen LogP contribution in [0.1, 0.15) is 6.92 Å². The van der Waals surface area contributed by atoms with E-state index in [4.69, 9.17) is 5.14 Å². The highest BCUT2D eigenvalue weighted by molar-refractivity contribution is 7.89. The van der Waals surface area contributed by atoms with Crippen LogP contribution in [0.2, 0.25) is 0 Å². The van der Waals surface area contributed by atoms with Crippen LogP contribution in [0.3, 0.4) is 0 Å². The van der Waals surface area contributed by atoms with Gasteiger partial charge in [0.15, 0.2) is 0 Å². The molecule has 0 aliphatic carbocycles. The Balaban J connectivity index is 2.08. The number of hydrogen-bond acceptors (Lipinski definition) is 7. The first-order chi connectivity index (χ1) is 11.2. The summed E-state index contributed by atoms with van der Waals surface area (Å²) in [5.41, 5.74) is 0.0606. The summed E-state index contributed by atoms with van der Waals surface area (Å²) in [7, 11) is -1.93. The first kappa shape index (κ1) is 18.6. The Hall–Kier alpha value is -1.75. The third-order valence-electron chi connectivity index (χ3n) is 4.19. The molecule has 9 nitrogen and oxygen atoms in total. The highest BCUT2D eigenvalue weighted by atomic mass is 32.2. The molecule has 134 valence electrons. The maximum atomic E-state index is 11.5. The van der Waals surface area contributed by atoms with Gasteiger partial charge in [-0.1, -0.05) is 0 Å². The minimum Gasteiger partial charge on any atom is -0.383 e. The van der Waals surface area contributed by atoms with Crippen molar-refractivity contribution in [1.29, 1.82) is 0 Å². The molecular weight excluding hydrogens is 334 g/mol. The van der Waals surface area contributed by atoms with Crippen LogP contribution in [-0.2, 0) is 10.0 Å². The zero-order valence-electron chi connectivity index (χ0n) is 13.8. The van der Waals surface area contributed by atoms with Gasteiger partial charge in [-0.2, -0.15) is 0 Å². The number of hydrogen-bond donors (Lipinski definition) is 2. The normalized spacial score (nSPS) is 18.3. The molecule has 1 aliphatic rings. The van der Waals surface area contributed by atoms with E-state index in [1.54, 1.807) is 0 Å². The third-order valence-corrected chi connectivity index (χ3v) is 5.09. The van der Waals surface area contributed by atoms with E-state index in [2.05, 4.69) is 29.1 Å². The Morgan fingerprint density at radius 1 is 1.29 bits per heavy atom. The van der Waals surface area contributed by atoms with Gasteiger partial charge in [-0.3, -0.25) is 15.0 Å². The molecule has 1 unspecified atom stereocenters. The number of anilines is 1. The molecule has 0 amide bonds. The zero-order chi connectivity index (χ0) is 17.9. The average molecular weight is 357 g/mol. The van der Waals surface area contributed by atoms with Crippen molar-refractivity contribution in [3.8, 4) is 0 Å². The number of piperazine rings is 1. The Morgan fingerprint density at radius 2 is 1.92 bits per heavy atom. The van der Waals surface area contributed by atoms with Gasteiger partial charge in [0, 0.05) is 56.6 Å². The second-order valence-electron chi connectivity index (χ2n) is 6.09. The van der Waals surface area contributed by atoms with Gasteiger partial charge in [0.1, 0.15) is 0 Å². The number of non-ortho nitro benzene ring substituents is 1. The topological polar surface area (TPSA) is 122 Å². The number of nitrogens with one attached hydrogen (secondary N) is 1. The van der Waals surface area contributed by atoms with E-state index in [1.807, 2.05) is 0 Å². The Bertz CT molecular complexity index is 701. The summed E-state index contributed by atoms with van der Waals surface area (Å²) >= 11 is 0. The molecule has 3 N–H and O–H groups in total. The summed E-state index contributed by atoms with van der Waals surface area (Å²) in [6.45, 7) is 6.52. The lowest BCUT2D eigenvalue weighted by molar-refractivity contribution is -0.385. The molecule has 0 spiro atoms. The van der Waals surface area contributed by atoms with Crippen molar-refractivity contribution < 1.29 is 13.3 Å². The van der Waals surface area contributed by atoms with Crippen LogP contribution < -0.4 is 10.5 Å². The van der Waals surface area contributed by atoms with Gasteiger partial charge < -0.3 is 10.2 Å². The number of nitrogens with two attached hydrogens (primary N) is 1. The summed E-state index contributed by atoms with van der Waals surface area (Å²) in [5, 5.41) is 19.1. The fourth-order valence-electron chi connectivity index (χ4n) is 2.61. The summed E-state index contributed by atoms with van der Waals surface area (Å²) in [5.74, 6) is 0. The number of benzene rings is 1. The summed E-state index contributed by atoms with van der Waals surface area (Å²) in [4.78, 5) is 14.7. The standard InChI is InChI=1S/C14H23N5O4S/c1-11(18-5-3-17(2)4-6-18)10-16-12-7-13(19(20)21)9-14(8-12)24(15,22)23/h7-9,11,16H,3-6,10H2,1-2H3,(H2,15,22,23). The smallest absolute Gasteiger partial charge is 0.272 e. The fraction of sp³-hybridized carbons (Fsp3) is 0.571. The minimum absolute atomic E-state index is 0.218. The molecule has 24 heavy (non-hydrogen) atoms. The molecule has 1 aliphatic heterocycles. The predicted molar refractivity (Wildman–Crippen MR) is 91.5 cm³/mol. The highest BCUT2D eigenvalue weighted by Gasteiger charge is 2.20. The lowest BCUT2D eigenvalue weighted by atomic mass is 10.2. The number of rotatable bonds is 6. The summed E-state index contributed by atoms with van der Waals surface area (Å²) < 4.78 is 23.0. The lowest BCUT2D eigenvalue weighted by Gasteiger charge is -2.36. The Kier molecular flexibility index (Phi) is 5.75. The van der Waals surface area contributed by atoms with E-state index in [9.17, 15) is 18.5 Å². The molecule has 0 bridgehead atoms. The quantitative estimate of drug-likeness (QED) is 0.554. The van der Waals surface area contributed by atoms with Gasteiger partial charge >= 0.3 is 0 Å². The number of primary sulfonamides is 1. The third kappa shape index (κ3) is 4.87. The largest absolute Gasteiger partial charge is 0.383 e. The molecular formula is C14H23N5O4S. The maximum Gasteiger partial charge on any atom is 0.272 e. The van der Waals surface area contributed by atoms with Gasteiger partial charge in [-0.15, -0.1) is 0 Å². The zero-order valence-corrected chi connectivity index (χ0v) is 14.6. The van der Waals surface area contributed by atoms with Crippen molar-refractivity contribution in [2.75, 3.05) is 45.1 Å². The van der Waals surface area contributed by atoms with Gasteiger partial charge in [-0.25, -0.2) is 13.6 Å². The van der Waals surface area contributed by atoms with Crippen molar-refractivity contribution in [1.82, 2.24) is 9.80 Å². The van der Waals surface area contributed by atoms with Gasteiger partial charge in [0.05, 0.1) is 9.82 Å². The Morgan fingerprint density at radius 3 is 2.46 bits per heavy atom. The first-order valence-electron chi connectivity index (χ1n) is 7.65. The van der Waals surface area contributed by atoms with Crippen molar-refractivity contribution in [2.24, 2.45) is 5.14 Å². The molecule has 0 saturated carbocycles. The monoisotopic (exact) mass is 357 g/mol. The molecule has 2 rings (SSSR count). The van der Waals surface area contributed by atoms with Crippen LogP contribution in [-0.4, -0.2) is 69.0 Å². The van der Waals surface area contributed by atoms with E-state index in [-0.39, 0.29) is 16.6 Å². The molecule has 1 saturated heterocycles. The van der Waals surface area contributed by atoms with Crippen molar-refractivity contribution >= 4 is 21.4 Å². The highest BCUT2D eigenvalue weighted by Crippen LogP contribution is 2.23. The van der Waals surface area contributed by atoms with Crippen LogP contribution >= 0.6 is 0 Å². The summed E-state index contributed by atoms with van der Waals surface area (Å²) in [6, 6.07) is 3.81. The average Bonchev–Trinajstić information content (AvgIpc) is 2.52. The van der Waals surface area contributed by atoms with E-state index >= 15 is 0 Å². The second kappa shape index (κ2) is 7.43. The Labute approximate surface area is 141 Å². The number of nitro groups is 1. The number of nitro benzene ring substituents is 1. The molecule has 1 heterocycles. The molecule has 1 atom stereocenters. The second-order valence-corrected chi connectivity index (χ2v) is 7.65. The van der Waals surface area contributed by atoms with Gasteiger partial charge in [-0.05, 0) is 20.0 Å². The van der Waals surface area contributed by atoms with Crippen molar-refractivity contribution in [2.45, 2.75) is 17.9 Å². The van der Waals surface area contributed by atoms with Crippen LogP contribution in [0.25, 0.3) is 0 Å². The molecule has 0 aromatic heterocycles. The van der Waals surface area contributed by atoms with Gasteiger partial charge in [0.25, 0.3) is 5.69 Å². The van der Waals surface area contributed by atoms with Crippen molar-refractivity contribution in [3.63, 3.8) is 0 Å².